The Bertz CT molecular complexity index is 715. The third-order valence-corrected chi connectivity index (χ3v) is 4.51. The molecule has 1 aromatic carbocycles. The van der Waals surface area contributed by atoms with Crippen LogP contribution in [-0.4, -0.2) is 67.8 Å². The summed E-state index contributed by atoms with van der Waals surface area (Å²) in [4.78, 5) is 28.2. The maximum absolute atomic E-state index is 12.8. The summed E-state index contributed by atoms with van der Waals surface area (Å²) in [5.41, 5.74) is 0.574. The molecule has 8 heteroatoms. The Hall–Kier alpha value is -2.71. The number of nitrogens with zero attached hydrogens (tertiary/aromatic N) is 2. The minimum atomic E-state index is -0.299. The first-order valence-electron chi connectivity index (χ1n) is 9.18. The molecule has 0 atom stereocenters. The van der Waals surface area contributed by atoms with Crippen LogP contribution in [-0.2, 0) is 9.53 Å². The lowest BCUT2D eigenvalue weighted by atomic mass is 10.2. The van der Waals surface area contributed by atoms with Crippen molar-refractivity contribution in [1.29, 1.82) is 0 Å². The summed E-state index contributed by atoms with van der Waals surface area (Å²) in [6.07, 6.45) is 2.21. The molecule has 2 aromatic rings. The van der Waals surface area contributed by atoms with Crippen LogP contribution in [0.3, 0.4) is 0 Å². The predicted molar refractivity (Wildman–Crippen MR) is 98.5 cm³/mol. The zero-order valence-electron chi connectivity index (χ0n) is 15.2. The molecule has 0 aliphatic carbocycles. The van der Waals surface area contributed by atoms with Crippen molar-refractivity contribution >= 4 is 17.6 Å². The van der Waals surface area contributed by atoms with E-state index in [0.29, 0.717) is 17.9 Å². The average molecular weight is 373 g/mol. The van der Waals surface area contributed by atoms with Gasteiger partial charge < -0.3 is 24.4 Å². The highest BCUT2D eigenvalue weighted by Gasteiger charge is 2.20. The molecule has 1 aliphatic rings. The van der Waals surface area contributed by atoms with Crippen molar-refractivity contribution in [1.82, 2.24) is 10.1 Å². The molecule has 0 bridgehead atoms. The molecule has 2 amide bonds. The average Bonchev–Trinajstić information content (AvgIpc) is 3.21. The molecule has 2 N–H and O–H groups in total. The van der Waals surface area contributed by atoms with E-state index in [0.717, 1.165) is 39.3 Å². The Morgan fingerprint density at radius 3 is 2.63 bits per heavy atom. The van der Waals surface area contributed by atoms with Gasteiger partial charge in [0.15, 0.2) is 5.82 Å². The highest BCUT2D eigenvalue weighted by molar-refractivity contribution is 5.99. The fourth-order valence-electron chi connectivity index (χ4n) is 3.08. The molecule has 3 rings (SSSR count). The van der Waals surface area contributed by atoms with E-state index >= 15 is 0 Å². The Morgan fingerprint density at radius 2 is 1.93 bits per heavy atom. The SMILES string of the molecule is O=C(CN(CCC[NH+]1CCOCC1)C(=O)c1ccccc1)Nc1ccon1. The number of benzene rings is 1. The highest BCUT2D eigenvalue weighted by atomic mass is 16.5. The number of nitrogens with one attached hydrogen (secondary N) is 2. The first-order valence-corrected chi connectivity index (χ1v) is 9.18. The first-order chi connectivity index (χ1) is 13.2. The zero-order chi connectivity index (χ0) is 18.9. The van der Waals surface area contributed by atoms with E-state index in [9.17, 15) is 9.59 Å². The number of ether oxygens (including phenoxy) is 1. The second kappa shape index (κ2) is 9.84. The van der Waals surface area contributed by atoms with Crippen molar-refractivity contribution in [2.45, 2.75) is 6.42 Å². The van der Waals surface area contributed by atoms with Gasteiger partial charge in [-0.1, -0.05) is 23.4 Å². The van der Waals surface area contributed by atoms with E-state index in [1.807, 2.05) is 18.2 Å². The normalized spacial score (nSPS) is 14.7. The quantitative estimate of drug-likeness (QED) is 0.683. The maximum Gasteiger partial charge on any atom is 0.254 e. The third-order valence-electron chi connectivity index (χ3n) is 4.51. The van der Waals surface area contributed by atoms with Gasteiger partial charge in [0.2, 0.25) is 5.91 Å². The van der Waals surface area contributed by atoms with Crippen molar-refractivity contribution in [3.05, 3.63) is 48.2 Å². The topological polar surface area (TPSA) is 89.1 Å². The highest BCUT2D eigenvalue weighted by Crippen LogP contribution is 2.07. The van der Waals surface area contributed by atoms with Gasteiger partial charge in [0.1, 0.15) is 25.9 Å². The van der Waals surface area contributed by atoms with Gasteiger partial charge in [0.05, 0.1) is 19.8 Å². The summed E-state index contributed by atoms with van der Waals surface area (Å²) in [6.45, 7) is 4.97. The number of rotatable bonds is 8. The molecule has 0 radical (unpaired) electrons. The van der Waals surface area contributed by atoms with Gasteiger partial charge in [-0.25, -0.2) is 0 Å². The molecule has 27 heavy (non-hydrogen) atoms. The van der Waals surface area contributed by atoms with Gasteiger partial charge >= 0.3 is 0 Å². The van der Waals surface area contributed by atoms with Gasteiger partial charge in [-0.15, -0.1) is 0 Å². The van der Waals surface area contributed by atoms with E-state index in [1.54, 1.807) is 23.1 Å². The molecule has 8 nitrogen and oxygen atoms in total. The lowest BCUT2D eigenvalue weighted by Gasteiger charge is -2.26. The van der Waals surface area contributed by atoms with Gasteiger partial charge in [0.25, 0.3) is 5.91 Å². The molecule has 144 valence electrons. The van der Waals surface area contributed by atoms with Crippen LogP contribution in [0.25, 0.3) is 0 Å². The van der Waals surface area contributed by atoms with E-state index < -0.39 is 0 Å². The first kappa shape index (κ1) is 19.1. The summed E-state index contributed by atoms with van der Waals surface area (Å²) >= 11 is 0. The molecular formula is C19H25N4O4+. The second-order valence-electron chi connectivity index (χ2n) is 6.49. The van der Waals surface area contributed by atoms with E-state index in [-0.39, 0.29) is 18.4 Å². The fraction of sp³-hybridized carbons (Fsp3) is 0.421. The van der Waals surface area contributed by atoms with Crippen LogP contribution < -0.4 is 10.2 Å². The zero-order valence-corrected chi connectivity index (χ0v) is 15.2. The molecule has 1 aliphatic heterocycles. The number of hydrogen-bond acceptors (Lipinski definition) is 5. The Labute approximate surface area is 158 Å². The largest absolute Gasteiger partial charge is 0.370 e. The van der Waals surface area contributed by atoms with Crippen molar-refractivity contribution in [3.63, 3.8) is 0 Å². The Morgan fingerprint density at radius 1 is 1.15 bits per heavy atom. The maximum atomic E-state index is 12.8. The summed E-state index contributed by atoms with van der Waals surface area (Å²) in [5, 5.41) is 6.30. The Kier molecular flexibility index (Phi) is 6.95. The number of hydrogen-bond donors (Lipinski definition) is 2. The molecule has 2 heterocycles. The van der Waals surface area contributed by atoms with Crippen LogP contribution in [0.15, 0.2) is 47.2 Å². The Balaban J connectivity index is 1.58. The lowest BCUT2D eigenvalue weighted by molar-refractivity contribution is -0.908. The van der Waals surface area contributed by atoms with Gasteiger partial charge in [-0.2, -0.15) is 0 Å². The number of anilines is 1. The number of amides is 2. The molecule has 0 unspecified atom stereocenters. The van der Waals surface area contributed by atoms with Crippen molar-refractivity contribution < 1.29 is 23.7 Å². The predicted octanol–water partition coefficient (Wildman–Crippen LogP) is 0.0607. The van der Waals surface area contributed by atoms with Crippen molar-refractivity contribution in [2.75, 3.05) is 51.3 Å². The van der Waals surface area contributed by atoms with Crippen LogP contribution in [0.2, 0.25) is 0 Å². The molecule has 1 saturated heterocycles. The minimum Gasteiger partial charge on any atom is -0.370 e. The molecule has 1 fully saturated rings. The summed E-state index contributed by atoms with van der Waals surface area (Å²) in [6, 6.07) is 10.6. The van der Waals surface area contributed by atoms with E-state index in [1.165, 1.54) is 11.2 Å². The summed E-state index contributed by atoms with van der Waals surface area (Å²) < 4.78 is 10.1. The fourth-order valence-corrected chi connectivity index (χ4v) is 3.08. The number of quaternary nitrogens is 1. The van der Waals surface area contributed by atoms with Crippen molar-refractivity contribution in [2.24, 2.45) is 0 Å². The minimum absolute atomic E-state index is 0.0287. The van der Waals surface area contributed by atoms with Gasteiger partial charge in [-0.3, -0.25) is 9.59 Å². The van der Waals surface area contributed by atoms with Crippen LogP contribution in [0, 0.1) is 0 Å². The smallest absolute Gasteiger partial charge is 0.254 e. The molecule has 1 aromatic heterocycles. The standard InChI is InChI=1S/C19H24N4O4/c24-18(20-17-7-12-27-21-17)15-23(19(25)16-5-2-1-3-6-16)9-4-8-22-10-13-26-14-11-22/h1-3,5-7,12H,4,8-11,13-15H2,(H,20,21,24)/p+1. The van der Waals surface area contributed by atoms with Gasteiger partial charge in [-0.05, 0) is 12.1 Å². The molecule has 0 saturated carbocycles. The molecule has 0 spiro atoms. The summed E-state index contributed by atoms with van der Waals surface area (Å²) in [7, 11) is 0. The number of carbonyl (C=O) groups excluding carboxylic acids is 2. The van der Waals surface area contributed by atoms with Gasteiger partial charge in [0, 0.05) is 24.6 Å². The number of morpholine rings is 1. The number of carbonyl (C=O) groups is 2. The number of aromatic nitrogens is 1. The van der Waals surface area contributed by atoms with Crippen LogP contribution in [0.5, 0.6) is 0 Å². The molecular weight excluding hydrogens is 348 g/mol. The van der Waals surface area contributed by atoms with E-state index in [4.69, 9.17) is 9.26 Å². The van der Waals surface area contributed by atoms with Crippen LogP contribution in [0.4, 0.5) is 5.82 Å². The summed E-state index contributed by atoms with van der Waals surface area (Å²) in [5.74, 6) is -0.111. The van der Waals surface area contributed by atoms with E-state index in [2.05, 4.69) is 10.5 Å². The van der Waals surface area contributed by atoms with Crippen LogP contribution >= 0.6 is 0 Å². The van der Waals surface area contributed by atoms with Crippen LogP contribution in [0.1, 0.15) is 16.8 Å². The third kappa shape index (κ3) is 5.90. The monoisotopic (exact) mass is 373 g/mol. The lowest BCUT2D eigenvalue weighted by Crippen LogP contribution is -3.14. The van der Waals surface area contributed by atoms with Crippen molar-refractivity contribution in [3.8, 4) is 0 Å². The second-order valence-corrected chi connectivity index (χ2v) is 6.49.